The van der Waals surface area contributed by atoms with Crippen molar-refractivity contribution in [2.45, 2.75) is 213 Å². The van der Waals surface area contributed by atoms with Gasteiger partial charge in [0.05, 0.1) is 16.7 Å². The first kappa shape index (κ1) is 44.4. The van der Waals surface area contributed by atoms with Crippen LogP contribution >= 0.6 is 0 Å². The van der Waals surface area contributed by atoms with Crippen LogP contribution in [0.5, 0.6) is 0 Å². The van der Waals surface area contributed by atoms with Crippen LogP contribution in [0.15, 0.2) is 33.4 Å². The van der Waals surface area contributed by atoms with Crippen molar-refractivity contribution in [2.24, 2.45) is 0 Å². The first-order valence-corrected chi connectivity index (χ1v) is 26.0. The third kappa shape index (κ3) is 12.0. The third-order valence-electron chi connectivity index (χ3n) is 12.8. The van der Waals surface area contributed by atoms with Crippen LogP contribution in [0.4, 0.5) is 0 Å². The minimum absolute atomic E-state index is 0.601. The smallest absolute Gasteiger partial charge is 0.124 e. The Morgan fingerprint density at radius 1 is 0.321 bits per heavy atom. The van der Waals surface area contributed by atoms with Crippen LogP contribution in [0, 0.1) is 70.3 Å². The minimum atomic E-state index is -1.86. The van der Waals surface area contributed by atoms with Crippen molar-refractivity contribution in [3.8, 4) is 70.3 Å². The van der Waals surface area contributed by atoms with Gasteiger partial charge in [0.2, 0.25) is 0 Å². The average Bonchev–Trinajstić information content (AvgIpc) is 3.13. The van der Waals surface area contributed by atoms with E-state index in [4.69, 9.17) is 0 Å². The van der Waals surface area contributed by atoms with Crippen molar-refractivity contribution in [1.82, 2.24) is 0 Å². The van der Waals surface area contributed by atoms with Crippen LogP contribution in [0.1, 0.15) is 179 Å². The molecular formula is C51H72Si2. The van der Waals surface area contributed by atoms with Crippen molar-refractivity contribution in [3.05, 3.63) is 33.4 Å². The van der Waals surface area contributed by atoms with Crippen LogP contribution in [0.2, 0.25) is 33.2 Å². The topological polar surface area (TPSA) is 0 Å². The molecule has 0 spiro atoms. The lowest BCUT2D eigenvalue weighted by Crippen LogP contribution is -2.43. The van der Waals surface area contributed by atoms with E-state index in [1.54, 1.807) is 0 Å². The second-order valence-corrected chi connectivity index (χ2v) is 29.1. The summed E-state index contributed by atoms with van der Waals surface area (Å²) in [6.45, 7) is 28.6. The Kier molecular flexibility index (Phi) is 18.3. The van der Waals surface area contributed by atoms with Gasteiger partial charge in [0.15, 0.2) is 0 Å². The molecule has 0 amide bonds. The first-order valence-electron chi connectivity index (χ1n) is 21.5. The molecule has 3 saturated carbocycles. The quantitative estimate of drug-likeness (QED) is 0.188. The number of allylic oxidation sites excluding steroid dienone is 6. The summed E-state index contributed by atoms with van der Waals surface area (Å²) in [7, 11) is -3.72. The predicted molar refractivity (Wildman–Crippen MR) is 239 cm³/mol. The molecule has 3 fully saturated rings. The van der Waals surface area contributed by atoms with Crippen molar-refractivity contribution in [1.29, 1.82) is 0 Å². The average molecular weight is 741 g/mol. The van der Waals surface area contributed by atoms with Crippen LogP contribution in [0.25, 0.3) is 0 Å². The summed E-state index contributed by atoms with van der Waals surface area (Å²) in [6.07, 6.45) is 17.9. The molecule has 2 heteroatoms. The van der Waals surface area contributed by atoms with E-state index in [2.05, 4.69) is 153 Å². The highest BCUT2D eigenvalue weighted by atomic mass is 28.3. The number of rotatable bonds is 6. The van der Waals surface area contributed by atoms with Gasteiger partial charge in [-0.05, 0) is 174 Å². The molecule has 0 saturated heterocycles. The summed E-state index contributed by atoms with van der Waals surface area (Å²) in [5.74, 6) is 34.3. The predicted octanol–water partition coefficient (Wildman–Crippen LogP) is 14.2. The zero-order chi connectivity index (χ0) is 39.0. The van der Waals surface area contributed by atoms with Gasteiger partial charge in [0, 0.05) is 0 Å². The van der Waals surface area contributed by atoms with E-state index in [0.717, 1.165) is 55.2 Å². The molecule has 284 valence electrons. The van der Waals surface area contributed by atoms with E-state index in [1.807, 2.05) is 0 Å². The van der Waals surface area contributed by atoms with Crippen molar-refractivity contribution in [2.75, 3.05) is 0 Å². The molecule has 0 nitrogen and oxygen atoms in total. The van der Waals surface area contributed by atoms with Gasteiger partial charge in [0.25, 0.3) is 0 Å². The molecular weight excluding hydrogens is 669 g/mol. The number of hydrogen-bond acceptors (Lipinski definition) is 0. The largest absolute Gasteiger partial charge is 0.146 e. The normalized spacial score (nSPS) is 16.3. The molecule has 0 aromatic carbocycles. The molecule has 0 N–H and O–H groups in total. The molecule has 3 aliphatic carbocycles. The summed E-state index contributed by atoms with van der Waals surface area (Å²) in [6, 6.07) is 0. The fraction of sp³-hybridized carbons (Fsp3) is 0.647. The molecule has 0 heterocycles. The van der Waals surface area contributed by atoms with E-state index in [9.17, 15) is 0 Å². The lowest BCUT2D eigenvalue weighted by molar-refractivity contribution is 0.597. The highest BCUT2D eigenvalue weighted by Crippen LogP contribution is 2.42. The molecule has 0 atom stereocenters. The molecule has 0 aromatic heterocycles. The van der Waals surface area contributed by atoms with Crippen molar-refractivity contribution in [3.63, 3.8) is 0 Å². The standard InChI is InChI=1S/C51H72Si2/c1-40(2)52(41(3)4,42(5)6)38-36-50(48-28-18-14-19-29-48)34-24-22-32-47(46-26-16-13-17-27-46)33-23-25-35-51(49-30-20-15-21-31-49)37-39-53(43(7)8,44(9)10)45(11)12/h40-45H,13-21,26-31H2,1-12H3. The van der Waals surface area contributed by atoms with Gasteiger partial charge in [0.1, 0.15) is 16.1 Å². The minimum Gasteiger partial charge on any atom is -0.124 e. The van der Waals surface area contributed by atoms with E-state index in [1.165, 1.54) is 74.5 Å². The van der Waals surface area contributed by atoms with E-state index >= 15 is 0 Å². The Bertz CT molecular complexity index is 1560. The fourth-order valence-electron chi connectivity index (χ4n) is 9.89. The second kappa shape index (κ2) is 21.8. The van der Waals surface area contributed by atoms with Crippen molar-refractivity contribution >= 4 is 16.1 Å². The monoisotopic (exact) mass is 741 g/mol. The van der Waals surface area contributed by atoms with Gasteiger partial charge >= 0.3 is 0 Å². The molecule has 0 bridgehead atoms. The maximum atomic E-state index is 3.95. The van der Waals surface area contributed by atoms with Crippen molar-refractivity contribution < 1.29 is 0 Å². The van der Waals surface area contributed by atoms with Gasteiger partial charge in [-0.25, -0.2) is 0 Å². The molecule has 53 heavy (non-hydrogen) atoms. The van der Waals surface area contributed by atoms with Crippen LogP contribution < -0.4 is 0 Å². The summed E-state index contributed by atoms with van der Waals surface area (Å²) >= 11 is 0. The molecule has 0 radical (unpaired) electrons. The third-order valence-corrected chi connectivity index (χ3v) is 25.4. The lowest BCUT2D eigenvalue weighted by Gasteiger charge is -2.38. The zero-order valence-corrected chi connectivity index (χ0v) is 38.1. The van der Waals surface area contributed by atoms with E-state index < -0.39 is 16.1 Å². The van der Waals surface area contributed by atoms with E-state index in [-0.39, 0.29) is 0 Å². The second-order valence-electron chi connectivity index (χ2n) is 17.9. The van der Waals surface area contributed by atoms with Gasteiger partial charge < -0.3 is 0 Å². The lowest BCUT2D eigenvalue weighted by atomic mass is 9.91. The first-order chi connectivity index (χ1) is 25.3. The van der Waals surface area contributed by atoms with Crippen LogP contribution in [-0.4, -0.2) is 16.1 Å². The van der Waals surface area contributed by atoms with Gasteiger partial charge in [-0.15, -0.1) is 11.1 Å². The summed E-state index contributed by atoms with van der Waals surface area (Å²) in [5, 5.41) is 0. The van der Waals surface area contributed by atoms with E-state index in [0.29, 0.717) is 33.2 Å². The highest BCUT2D eigenvalue weighted by Gasteiger charge is 2.42. The molecule has 3 aliphatic rings. The van der Waals surface area contributed by atoms with Gasteiger partial charge in [-0.3, -0.25) is 0 Å². The Morgan fingerprint density at radius 2 is 0.528 bits per heavy atom. The Hall–Kier alpha value is -2.99. The SMILES string of the molecule is CC(C)[Si](C#CC(C#CC#CC(C#CC#CC(C#C[Si](C(C)C)(C(C)C)C(C)C)=C1CCCCC1)=C1CCCCC1)=C1CCCCC1)(C(C)C)C(C)C. The van der Waals surface area contributed by atoms with Crippen LogP contribution in [-0.2, 0) is 0 Å². The molecule has 3 rings (SSSR count). The Balaban J connectivity index is 2.06. The molecule has 0 aromatic rings. The van der Waals surface area contributed by atoms with Crippen LogP contribution in [0.3, 0.4) is 0 Å². The molecule has 0 aliphatic heterocycles. The maximum Gasteiger partial charge on any atom is 0.146 e. The summed E-state index contributed by atoms with van der Waals surface area (Å²) in [4.78, 5) is 0. The maximum absolute atomic E-state index is 3.95. The highest BCUT2D eigenvalue weighted by molar-refractivity contribution is 6.91. The van der Waals surface area contributed by atoms with Gasteiger partial charge in [-0.2, -0.15) is 0 Å². The van der Waals surface area contributed by atoms with Gasteiger partial charge in [-0.1, -0.05) is 114 Å². The Labute approximate surface area is 331 Å². The summed E-state index contributed by atoms with van der Waals surface area (Å²) in [5.41, 5.74) is 18.8. The fourth-order valence-corrected chi connectivity index (χ4v) is 20.3. The number of hydrogen-bond donors (Lipinski definition) is 0. The summed E-state index contributed by atoms with van der Waals surface area (Å²) < 4.78 is 0. The Morgan fingerprint density at radius 3 is 0.736 bits per heavy atom. The molecule has 0 unspecified atom stereocenters. The zero-order valence-electron chi connectivity index (χ0n) is 36.1.